The number of nitrogens with zero attached hydrogens (tertiary/aromatic N) is 1. The number of carbonyl (C=O) groups is 1. The van der Waals surface area contributed by atoms with Crippen molar-refractivity contribution in [2.45, 2.75) is 0 Å². The van der Waals surface area contributed by atoms with Crippen LogP contribution in [0, 0.1) is 0 Å². The zero-order chi connectivity index (χ0) is 7.56. The van der Waals surface area contributed by atoms with Crippen LogP contribution in [0.5, 0.6) is 0 Å². The molecule has 3 nitrogen and oxygen atoms in total. The lowest BCUT2D eigenvalue weighted by Gasteiger charge is -1.92. The van der Waals surface area contributed by atoms with Crippen LogP contribution in [0.2, 0.25) is 5.15 Å². The van der Waals surface area contributed by atoms with Gasteiger partial charge in [-0.2, -0.15) is 4.37 Å². The standard InChI is InChI=1S/C5H4ClNO2S/c1-9-5(8)3-2-10-7-4(3)6/h2H,1H3. The summed E-state index contributed by atoms with van der Waals surface area (Å²) in [5.74, 6) is -0.446. The maximum absolute atomic E-state index is 10.8. The summed E-state index contributed by atoms with van der Waals surface area (Å²) in [6.07, 6.45) is 0. The average molecular weight is 178 g/mol. The van der Waals surface area contributed by atoms with Gasteiger partial charge in [0.25, 0.3) is 0 Å². The minimum atomic E-state index is -0.446. The first-order valence-electron chi connectivity index (χ1n) is 2.44. The molecule has 0 aliphatic heterocycles. The molecule has 0 fully saturated rings. The summed E-state index contributed by atoms with van der Waals surface area (Å²) in [7, 11) is 1.30. The topological polar surface area (TPSA) is 39.2 Å². The van der Waals surface area contributed by atoms with Gasteiger partial charge in [0.05, 0.1) is 7.11 Å². The maximum atomic E-state index is 10.8. The Morgan fingerprint density at radius 1 is 1.90 bits per heavy atom. The van der Waals surface area contributed by atoms with E-state index >= 15 is 0 Å². The van der Waals surface area contributed by atoms with Gasteiger partial charge in [-0.1, -0.05) is 11.6 Å². The van der Waals surface area contributed by atoms with E-state index in [0.29, 0.717) is 5.56 Å². The minimum Gasteiger partial charge on any atom is -0.465 e. The molecule has 1 rings (SSSR count). The van der Waals surface area contributed by atoms with Gasteiger partial charge in [0.15, 0.2) is 5.15 Å². The van der Waals surface area contributed by atoms with E-state index in [1.54, 1.807) is 5.38 Å². The largest absolute Gasteiger partial charge is 0.465 e. The lowest BCUT2D eigenvalue weighted by atomic mass is 10.4. The predicted molar refractivity (Wildman–Crippen MR) is 38.5 cm³/mol. The number of hydrogen-bond acceptors (Lipinski definition) is 4. The highest BCUT2D eigenvalue weighted by Crippen LogP contribution is 2.16. The smallest absolute Gasteiger partial charge is 0.341 e. The third-order valence-corrected chi connectivity index (χ3v) is 1.95. The second-order valence-corrected chi connectivity index (χ2v) is 2.50. The number of rotatable bonds is 1. The number of esters is 1. The lowest BCUT2D eigenvalue weighted by molar-refractivity contribution is 0.0601. The molecule has 0 aliphatic rings. The normalized spacial score (nSPS) is 9.40. The number of halogens is 1. The van der Waals surface area contributed by atoms with Crippen LogP contribution in [0.4, 0.5) is 0 Å². The Balaban J connectivity index is 2.93. The number of methoxy groups -OCH3 is 1. The van der Waals surface area contributed by atoms with Crippen LogP contribution in [0.25, 0.3) is 0 Å². The zero-order valence-electron chi connectivity index (χ0n) is 5.13. The van der Waals surface area contributed by atoms with E-state index in [9.17, 15) is 4.79 Å². The van der Waals surface area contributed by atoms with Crippen molar-refractivity contribution in [3.8, 4) is 0 Å². The summed E-state index contributed by atoms with van der Waals surface area (Å²) in [6, 6.07) is 0. The summed E-state index contributed by atoms with van der Waals surface area (Å²) < 4.78 is 8.11. The van der Waals surface area contributed by atoms with E-state index in [2.05, 4.69) is 9.11 Å². The molecule has 1 heterocycles. The Hall–Kier alpha value is -0.610. The van der Waals surface area contributed by atoms with Crippen LogP contribution < -0.4 is 0 Å². The lowest BCUT2D eigenvalue weighted by Crippen LogP contribution is -1.99. The van der Waals surface area contributed by atoms with Gasteiger partial charge < -0.3 is 4.74 Å². The SMILES string of the molecule is COC(=O)c1csnc1Cl. The summed E-state index contributed by atoms with van der Waals surface area (Å²) in [5, 5.41) is 1.76. The molecule has 5 heteroatoms. The maximum Gasteiger partial charge on any atom is 0.341 e. The van der Waals surface area contributed by atoms with Crippen molar-refractivity contribution in [2.75, 3.05) is 7.11 Å². The van der Waals surface area contributed by atoms with E-state index in [4.69, 9.17) is 11.6 Å². The fourth-order valence-corrected chi connectivity index (χ4v) is 1.34. The van der Waals surface area contributed by atoms with Crippen molar-refractivity contribution in [3.05, 3.63) is 16.1 Å². The van der Waals surface area contributed by atoms with Crippen LogP contribution in [-0.4, -0.2) is 17.5 Å². The van der Waals surface area contributed by atoms with Crippen molar-refractivity contribution >= 4 is 29.1 Å². The van der Waals surface area contributed by atoms with Crippen molar-refractivity contribution in [1.29, 1.82) is 0 Å². The Labute approximate surface area is 66.7 Å². The molecule has 0 aliphatic carbocycles. The Morgan fingerprint density at radius 3 is 3.00 bits per heavy atom. The van der Waals surface area contributed by atoms with E-state index in [-0.39, 0.29) is 5.15 Å². The van der Waals surface area contributed by atoms with Crippen molar-refractivity contribution in [1.82, 2.24) is 4.37 Å². The van der Waals surface area contributed by atoms with Gasteiger partial charge in [0, 0.05) is 5.38 Å². The molecule has 54 valence electrons. The summed E-state index contributed by atoms with van der Waals surface area (Å²) in [6.45, 7) is 0. The second kappa shape index (κ2) is 2.98. The number of ether oxygens (including phenoxy) is 1. The monoisotopic (exact) mass is 177 g/mol. The molecule has 0 N–H and O–H groups in total. The molecule has 0 amide bonds. The van der Waals surface area contributed by atoms with E-state index in [0.717, 1.165) is 11.5 Å². The first-order valence-corrected chi connectivity index (χ1v) is 3.65. The Kier molecular flexibility index (Phi) is 2.24. The number of aromatic nitrogens is 1. The van der Waals surface area contributed by atoms with Gasteiger partial charge in [-0.3, -0.25) is 0 Å². The summed E-state index contributed by atoms with van der Waals surface area (Å²) in [5.41, 5.74) is 0.328. The van der Waals surface area contributed by atoms with Crippen molar-refractivity contribution in [2.24, 2.45) is 0 Å². The van der Waals surface area contributed by atoms with Gasteiger partial charge >= 0.3 is 5.97 Å². The van der Waals surface area contributed by atoms with Gasteiger partial charge in [0.1, 0.15) is 5.56 Å². The molecule has 10 heavy (non-hydrogen) atoms. The van der Waals surface area contributed by atoms with Gasteiger partial charge in [0.2, 0.25) is 0 Å². The molecule has 0 aromatic carbocycles. The highest BCUT2D eigenvalue weighted by atomic mass is 35.5. The molecule has 0 atom stereocenters. The van der Waals surface area contributed by atoms with Crippen molar-refractivity contribution in [3.63, 3.8) is 0 Å². The van der Waals surface area contributed by atoms with Crippen LogP contribution in [0.1, 0.15) is 10.4 Å². The van der Waals surface area contributed by atoms with Gasteiger partial charge in [-0.15, -0.1) is 0 Å². The van der Waals surface area contributed by atoms with Crippen LogP contribution in [0.15, 0.2) is 5.38 Å². The van der Waals surface area contributed by atoms with E-state index in [1.165, 1.54) is 7.11 Å². The molecule has 1 aromatic rings. The number of carbonyl (C=O) groups excluding carboxylic acids is 1. The average Bonchev–Trinajstić information content (AvgIpc) is 2.34. The molecule has 0 saturated heterocycles. The Morgan fingerprint density at radius 2 is 2.60 bits per heavy atom. The highest BCUT2D eigenvalue weighted by molar-refractivity contribution is 7.04. The van der Waals surface area contributed by atoms with Crippen LogP contribution in [-0.2, 0) is 4.74 Å². The molecular weight excluding hydrogens is 174 g/mol. The molecular formula is C5H4ClNO2S. The second-order valence-electron chi connectivity index (χ2n) is 1.51. The fourth-order valence-electron chi connectivity index (χ4n) is 0.465. The molecule has 0 unspecified atom stereocenters. The molecule has 0 radical (unpaired) electrons. The van der Waals surface area contributed by atoms with Crippen LogP contribution >= 0.6 is 23.1 Å². The zero-order valence-corrected chi connectivity index (χ0v) is 6.70. The summed E-state index contributed by atoms with van der Waals surface area (Å²) in [4.78, 5) is 10.8. The van der Waals surface area contributed by atoms with Crippen LogP contribution in [0.3, 0.4) is 0 Å². The third kappa shape index (κ3) is 1.27. The minimum absolute atomic E-state index is 0.205. The summed E-state index contributed by atoms with van der Waals surface area (Å²) >= 11 is 6.64. The first kappa shape index (κ1) is 7.50. The quantitative estimate of drug-likeness (QED) is 0.612. The molecule has 0 spiro atoms. The van der Waals surface area contributed by atoms with Crippen molar-refractivity contribution < 1.29 is 9.53 Å². The molecule has 0 saturated carbocycles. The Bertz CT molecular complexity index is 248. The van der Waals surface area contributed by atoms with E-state index < -0.39 is 5.97 Å². The number of hydrogen-bond donors (Lipinski definition) is 0. The van der Waals surface area contributed by atoms with E-state index in [1.807, 2.05) is 0 Å². The highest BCUT2D eigenvalue weighted by Gasteiger charge is 2.11. The molecule has 0 bridgehead atoms. The van der Waals surface area contributed by atoms with Gasteiger partial charge in [-0.25, -0.2) is 4.79 Å². The predicted octanol–water partition coefficient (Wildman–Crippen LogP) is 1.58. The fraction of sp³-hybridized carbons (Fsp3) is 0.200. The third-order valence-electron chi connectivity index (χ3n) is 0.931. The van der Waals surface area contributed by atoms with Gasteiger partial charge in [-0.05, 0) is 11.5 Å². The molecule has 1 aromatic heterocycles. The first-order chi connectivity index (χ1) is 4.75.